The third-order valence-corrected chi connectivity index (χ3v) is 3.47. The zero-order valence-corrected chi connectivity index (χ0v) is 10.9. The van der Waals surface area contributed by atoms with Crippen molar-refractivity contribution in [3.63, 3.8) is 0 Å². The minimum absolute atomic E-state index is 0.263. The van der Waals surface area contributed by atoms with Crippen molar-refractivity contribution in [3.05, 3.63) is 42.0 Å². The lowest BCUT2D eigenvalue weighted by Crippen LogP contribution is -2.32. The zero-order valence-electron chi connectivity index (χ0n) is 10.9. The summed E-state index contributed by atoms with van der Waals surface area (Å²) >= 11 is 0. The molecule has 1 aliphatic rings. The largest absolute Gasteiger partial charge is 0.478 e. The number of hydrogen-bond acceptors (Lipinski definition) is 3. The van der Waals surface area contributed by atoms with Gasteiger partial charge in [0.1, 0.15) is 5.75 Å². The molecule has 0 aromatic heterocycles. The molecule has 19 heavy (non-hydrogen) atoms. The number of carbonyl (C=O) groups is 1. The summed E-state index contributed by atoms with van der Waals surface area (Å²) in [6.07, 6.45) is 1.06. The fraction of sp³-hybridized carbons (Fsp3) is 0.312. The highest BCUT2D eigenvalue weighted by molar-refractivity contribution is 5.88. The first-order chi connectivity index (χ1) is 9.29. The fourth-order valence-electron chi connectivity index (χ4n) is 2.57. The van der Waals surface area contributed by atoms with E-state index in [1.165, 1.54) is 16.3 Å². The van der Waals surface area contributed by atoms with Crippen molar-refractivity contribution in [3.8, 4) is 5.75 Å². The van der Waals surface area contributed by atoms with Crippen LogP contribution in [0.15, 0.2) is 36.4 Å². The Morgan fingerprint density at radius 2 is 2.16 bits per heavy atom. The average Bonchev–Trinajstić information content (AvgIpc) is 2.46. The molecule has 0 N–H and O–H groups in total. The van der Waals surface area contributed by atoms with Crippen LogP contribution in [0.4, 0.5) is 0 Å². The highest BCUT2D eigenvalue weighted by Gasteiger charge is 2.27. The maximum absolute atomic E-state index is 11.7. The number of carbonyl (C=O) groups excluding carboxylic acids is 1. The maximum atomic E-state index is 11.7. The molecule has 2 aromatic rings. The van der Waals surface area contributed by atoms with E-state index in [9.17, 15) is 4.79 Å². The van der Waals surface area contributed by atoms with Gasteiger partial charge in [0.05, 0.1) is 6.61 Å². The van der Waals surface area contributed by atoms with Gasteiger partial charge in [0.2, 0.25) is 0 Å². The van der Waals surface area contributed by atoms with E-state index in [-0.39, 0.29) is 5.97 Å². The van der Waals surface area contributed by atoms with Crippen LogP contribution >= 0.6 is 0 Å². The van der Waals surface area contributed by atoms with Crippen LogP contribution in [0.5, 0.6) is 5.75 Å². The van der Waals surface area contributed by atoms with Crippen molar-refractivity contribution >= 4 is 16.7 Å². The quantitative estimate of drug-likeness (QED) is 0.774. The molecular formula is C16H16O3. The Morgan fingerprint density at radius 1 is 1.32 bits per heavy atom. The number of fused-ring (bicyclic) bond motifs is 3. The summed E-state index contributed by atoms with van der Waals surface area (Å²) < 4.78 is 10.8. The van der Waals surface area contributed by atoms with Gasteiger partial charge < -0.3 is 9.47 Å². The summed E-state index contributed by atoms with van der Waals surface area (Å²) in [5.74, 6) is 0.546. The second kappa shape index (κ2) is 4.92. The predicted molar refractivity (Wildman–Crippen MR) is 73.3 cm³/mol. The summed E-state index contributed by atoms with van der Waals surface area (Å²) in [6, 6.07) is 12.2. The third kappa shape index (κ3) is 2.16. The van der Waals surface area contributed by atoms with E-state index in [2.05, 4.69) is 12.1 Å². The van der Waals surface area contributed by atoms with Crippen molar-refractivity contribution in [1.82, 2.24) is 0 Å². The topological polar surface area (TPSA) is 35.5 Å². The highest BCUT2D eigenvalue weighted by Crippen LogP contribution is 2.34. The predicted octanol–water partition coefficient (Wildman–Crippen LogP) is 3.10. The molecule has 1 atom stereocenters. The minimum Gasteiger partial charge on any atom is -0.478 e. The molecule has 0 saturated heterocycles. The molecule has 98 valence electrons. The van der Waals surface area contributed by atoms with E-state index in [0.29, 0.717) is 13.0 Å². The van der Waals surface area contributed by atoms with E-state index in [4.69, 9.17) is 9.47 Å². The Bertz CT molecular complexity index is 618. The highest BCUT2D eigenvalue weighted by atomic mass is 16.6. The van der Waals surface area contributed by atoms with Crippen LogP contribution in [-0.4, -0.2) is 18.7 Å². The van der Waals surface area contributed by atoms with E-state index >= 15 is 0 Å². The van der Waals surface area contributed by atoms with Crippen LogP contribution in [0, 0.1) is 0 Å². The molecule has 0 bridgehead atoms. The maximum Gasteiger partial charge on any atom is 0.347 e. The SMILES string of the molecule is CCOC(=O)C1CCc2c(ccc3ccccc23)O1. The molecule has 0 amide bonds. The Morgan fingerprint density at radius 3 is 3.00 bits per heavy atom. The van der Waals surface area contributed by atoms with Crippen LogP contribution in [0.1, 0.15) is 18.9 Å². The fourth-order valence-corrected chi connectivity index (χ4v) is 2.57. The van der Waals surface area contributed by atoms with E-state index in [1.54, 1.807) is 0 Å². The van der Waals surface area contributed by atoms with E-state index < -0.39 is 6.10 Å². The Kier molecular flexibility index (Phi) is 3.11. The number of aryl methyl sites for hydroxylation is 1. The number of ether oxygens (including phenoxy) is 2. The molecule has 1 aliphatic heterocycles. The molecule has 3 rings (SSSR count). The van der Waals surface area contributed by atoms with Crippen LogP contribution in [0.25, 0.3) is 10.8 Å². The molecule has 2 aromatic carbocycles. The van der Waals surface area contributed by atoms with Crippen LogP contribution in [0.3, 0.4) is 0 Å². The van der Waals surface area contributed by atoms with Crippen LogP contribution in [0.2, 0.25) is 0 Å². The molecule has 1 heterocycles. The summed E-state index contributed by atoms with van der Waals surface area (Å²) in [4.78, 5) is 11.7. The number of hydrogen-bond donors (Lipinski definition) is 0. The summed E-state index contributed by atoms with van der Waals surface area (Å²) in [6.45, 7) is 2.20. The average molecular weight is 256 g/mol. The van der Waals surface area contributed by atoms with Crippen molar-refractivity contribution in [2.45, 2.75) is 25.9 Å². The number of benzene rings is 2. The van der Waals surface area contributed by atoms with Gasteiger partial charge in [-0.15, -0.1) is 0 Å². The van der Waals surface area contributed by atoms with Crippen molar-refractivity contribution in [2.24, 2.45) is 0 Å². The molecule has 0 saturated carbocycles. The van der Waals surface area contributed by atoms with Gasteiger partial charge in [-0.1, -0.05) is 30.3 Å². The summed E-state index contributed by atoms with van der Waals surface area (Å²) in [7, 11) is 0. The van der Waals surface area contributed by atoms with Gasteiger partial charge >= 0.3 is 5.97 Å². The van der Waals surface area contributed by atoms with E-state index in [1.807, 2.05) is 31.2 Å². The van der Waals surface area contributed by atoms with Gasteiger partial charge in [0.25, 0.3) is 0 Å². The van der Waals surface area contributed by atoms with Crippen molar-refractivity contribution in [1.29, 1.82) is 0 Å². The second-order valence-electron chi connectivity index (χ2n) is 4.66. The molecule has 3 nitrogen and oxygen atoms in total. The lowest BCUT2D eigenvalue weighted by molar-refractivity contribution is -0.152. The number of esters is 1. The number of rotatable bonds is 2. The van der Waals surface area contributed by atoms with Crippen molar-refractivity contribution < 1.29 is 14.3 Å². The van der Waals surface area contributed by atoms with Gasteiger partial charge in [0.15, 0.2) is 6.10 Å². The smallest absolute Gasteiger partial charge is 0.347 e. The van der Waals surface area contributed by atoms with Crippen molar-refractivity contribution in [2.75, 3.05) is 6.61 Å². The normalized spacial score (nSPS) is 17.6. The monoisotopic (exact) mass is 256 g/mol. The molecule has 0 spiro atoms. The Balaban J connectivity index is 1.94. The van der Waals surface area contributed by atoms with Crippen LogP contribution in [-0.2, 0) is 16.0 Å². The lowest BCUT2D eigenvalue weighted by Gasteiger charge is -2.25. The Hall–Kier alpha value is -2.03. The molecule has 0 fully saturated rings. The van der Waals surface area contributed by atoms with Gasteiger partial charge in [-0.25, -0.2) is 4.79 Å². The second-order valence-corrected chi connectivity index (χ2v) is 4.66. The molecule has 1 unspecified atom stereocenters. The van der Waals surface area contributed by atoms with Gasteiger partial charge in [-0.05, 0) is 36.6 Å². The zero-order chi connectivity index (χ0) is 13.2. The standard InChI is InChI=1S/C16H16O3/c1-2-18-16(17)15-10-8-13-12-6-4-3-5-11(12)7-9-14(13)19-15/h3-7,9,15H,2,8,10H2,1H3. The molecule has 3 heteroatoms. The minimum atomic E-state index is -0.464. The first-order valence-corrected chi connectivity index (χ1v) is 6.63. The summed E-state index contributed by atoms with van der Waals surface area (Å²) in [5.41, 5.74) is 1.19. The van der Waals surface area contributed by atoms with Gasteiger partial charge in [-0.2, -0.15) is 0 Å². The molecular weight excluding hydrogens is 240 g/mol. The lowest BCUT2D eigenvalue weighted by atomic mass is 9.96. The first-order valence-electron chi connectivity index (χ1n) is 6.63. The summed E-state index contributed by atoms with van der Waals surface area (Å²) in [5, 5.41) is 2.42. The molecule has 0 aliphatic carbocycles. The van der Waals surface area contributed by atoms with Gasteiger partial charge in [0, 0.05) is 5.56 Å². The van der Waals surface area contributed by atoms with Gasteiger partial charge in [-0.3, -0.25) is 0 Å². The third-order valence-electron chi connectivity index (χ3n) is 3.47. The van der Waals surface area contributed by atoms with Crippen LogP contribution < -0.4 is 4.74 Å². The molecule has 0 radical (unpaired) electrons. The van der Waals surface area contributed by atoms with E-state index in [0.717, 1.165) is 12.2 Å². The Labute approximate surface area is 112 Å². The first kappa shape index (κ1) is 12.0.